The average molecular weight is 237 g/mol. The lowest BCUT2D eigenvalue weighted by molar-refractivity contribution is -0.704. The largest absolute Gasteiger partial charge is 0.256 e. The van der Waals surface area contributed by atoms with Crippen molar-refractivity contribution in [3.63, 3.8) is 0 Å². The van der Waals surface area contributed by atoms with Crippen molar-refractivity contribution < 1.29 is 4.57 Å². The lowest BCUT2D eigenvalue weighted by Gasteiger charge is -2.02. The zero-order valence-electron chi connectivity index (χ0n) is 11.9. The van der Waals surface area contributed by atoms with Gasteiger partial charge in [-0.1, -0.05) is 39.5 Å². The van der Waals surface area contributed by atoms with Crippen LogP contribution in [0.1, 0.15) is 65.1 Å². The Morgan fingerprint density at radius 1 is 1.00 bits per heavy atom. The Hall–Kier alpha value is -0.790. The van der Waals surface area contributed by atoms with Gasteiger partial charge in [-0.05, 0) is 19.8 Å². The van der Waals surface area contributed by atoms with Gasteiger partial charge in [0.1, 0.15) is 12.4 Å². The van der Waals surface area contributed by atoms with Gasteiger partial charge in [0.25, 0.3) is 5.82 Å². The van der Waals surface area contributed by atoms with Crippen molar-refractivity contribution in [2.45, 2.75) is 78.8 Å². The van der Waals surface area contributed by atoms with E-state index in [2.05, 4.69) is 42.3 Å². The summed E-state index contributed by atoms with van der Waals surface area (Å²) in [4.78, 5) is 0. The maximum atomic E-state index is 2.43. The summed E-state index contributed by atoms with van der Waals surface area (Å²) in [6, 6.07) is 0. The molecule has 0 N–H and O–H groups in total. The zero-order chi connectivity index (χ0) is 12.5. The fraction of sp³-hybridized carbons (Fsp3) is 0.800. The van der Waals surface area contributed by atoms with Gasteiger partial charge < -0.3 is 0 Å². The van der Waals surface area contributed by atoms with E-state index in [1.165, 1.54) is 50.9 Å². The summed E-state index contributed by atoms with van der Waals surface area (Å²) in [6.45, 7) is 9.03. The minimum absolute atomic E-state index is 1.09. The van der Waals surface area contributed by atoms with E-state index in [-0.39, 0.29) is 0 Å². The predicted octanol–water partition coefficient (Wildman–Crippen LogP) is 3.72. The van der Waals surface area contributed by atoms with Crippen LogP contribution in [0.3, 0.4) is 0 Å². The number of aryl methyl sites for hydroxylation is 2. The van der Waals surface area contributed by atoms with Crippen molar-refractivity contribution in [2.24, 2.45) is 0 Å². The summed E-state index contributed by atoms with van der Waals surface area (Å²) in [7, 11) is 0. The summed E-state index contributed by atoms with van der Waals surface area (Å²) < 4.78 is 4.79. The molecule has 0 spiro atoms. The summed E-state index contributed by atoms with van der Waals surface area (Å²) in [5.41, 5.74) is 0. The maximum absolute atomic E-state index is 2.43. The second-order valence-electron chi connectivity index (χ2n) is 4.82. The van der Waals surface area contributed by atoms with Gasteiger partial charge in [0.2, 0.25) is 0 Å². The molecule has 0 unspecified atom stereocenters. The van der Waals surface area contributed by atoms with E-state index in [9.17, 15) is 0 Å². The number of aromatic nitrogens is 2. The van der Waals surface area contributed by atoms with Crippen LogP contribution in [0.4, 0.5) is 0 Å². The third kappa shape index (κ3) is 4.53. The van der Waals surface area contributed by atoms with E-state index >= 15 is 0 Å². The fourth-order valence-corrected chi connectivity index (χ4v) is 2.46. The molecule has 1 heterocycles. The number of hydrogen-bond acceptors (Lipinski definition) is 0. The molecule has 0 aliphatic carbocycles. The Morgan fingerprint density at radius 2 is 1.71 bits per heavy atom. The van der Waals surface area contributed by atoms with Gasteiger partial charge in [-0.15, -0.1) is 0 Å². The number of unbranched alkanes of at least 4 members (excludes halogenated alkanes) is 5. The highest BCUT2D eigenvalue weighted by molar-refractivity contribution is 4.82. The highest BCUT2D eigenvalue weighted by atomic mass is 15.1. The van der Waals surface area contributed by atoms with Crippen LogP contribution < -0.4 is 4.57 Å². The lowest BCUT2D eigenvalue weighted by Crippen LogP contribution is -2.37. The van der Waals surface area contributed by atoms with Gasteiger partial charge in [-0.25, -0.2) is 9.13 Å². The van der Waals surface area contributed by atoms with Crippen LogP contribution in [0.2, 0.25) is 0 Å². The predicted molar refractivity (Wildman–Crippen MR) is 73.1 cm³/mol. The third-order valence-corrected chi connectivity index (χ3v) is 3.50. The molecule has 0 atom stereocenters. The highest BCUT2D eigenvalue weighted by Gasteiger charge is 2.12. The van der Waals surface area contributed by atoms with Gasteiger partial charge in [0.15, 0.2) is 0 Å². The molecule has 1 aromatic heterocycles. The molecule has 17 heavy (non-hydrogen) atoms. The quantitative estimate of drug-likeness (QED) is 0.457. The fourth-order valence-electron chi connectivity index (χ4n) is 2.46. The second kappa shape index (κ2) is 8.32. The van der Waals surface area contributed by atoms with Gasteiger partial charge in [-0.3, -0.25) is 0 Å². The third-order valence-electron chi connectivity index (χ3n) is 3.50. The van der Waals surface area contributed by atoms with Crippen LogP contribution >= 0.6 is 0 Å². The Bertz CT molecular complexity index is 302. The molecule has 0 aromatic carbocycles. The van der Waals surface area contributed by atoms with Crippen molar-refractivity contribution in [3.8, 4) is 0 Å². The zero-order valence-corrected chi connectivity index (χ0v) is 11.9. The number of nitrogens with zero attached hydrogens (tertiary/aromatic N) is 2. The van der Waals surface area contributed by atoms with Crippen LogP contribution in [0, 0.1) is 0 Å². The summed E-state index contributed by atoms with van der Waals surface area (Å²) >= 11 is 0. The van der Waals surface area contributed by atoms with Crippen LogP contribution in [0.25, 0.3) is 0 Å². The summed E-state index contributed by atoms with van der Waals surface area (Å²) in [5.74, 6) is 1.47. The van der Waals surface area contributed by atoms with Gasteiger partial charge >= 0.3 is 0 Å². The second-order valence-corrected chi connectivity index (χ2v) is 4.82. The Balaban J connectivity index is 2.29. The Kier molecular flexibility index (Phi) is 6.99. The molecule has 0 aliphatic heterocycles. The molecule has 2 nitrogen and oxygen atoms in total. The molecule has 0 radical (unpaired) electrons. The van der Waals surface area contributed by atoms with E-state index in [0.717, 1.165) is 13.0 Å². The molecular weight excluding hydrogens is 208 g/mol. The Morgan fingerprint density at radius 3 is 2.35 bits per heavy atom. The van der Waals surface area contributed by atoms with E-state index in [1.807, 2.05) is 0 Å². The Labute approximate surface area is 107 Å². The van der Waals surface area contributed by atoms with Crippen molar-refractivity contribution in [3.05, 3.63) is 18.2 Å². The molecule has 0 saturated carbocycles. The number of imidazole rings is 1. The lowest BCUT2D eigenvalue weighted by atomic mass is 10.1. The van der Waals surface area contributed by atoms with Crippen LogP contribution in [-0.2, 0) is 19.5 Å². The van der Waals surface area contributed by atoms with Gasteiger partial charge in [0.05, 0.1) is 13.1 Å². The highest BCUT2D eigenvalue weighted by Crippen LogP contribution is 2.05. The first-order valence-corrected chi connectivity index (χ1v) is 7.40. The molecule has 0 saturated heterocycles. The van der Waals surface area contributed by atoms with Crippen molar-refractivity contribution in [2.75, 3.05) is 0 Å². The molecule has 0 fully saturated rings. The van der Waals surface area contributed by atoms with E-state index in [0.29, 0.717) is 0 Å². The molecule has 98 valence electrons. The van der Waals surface area contributed by atoms with Gasteiger partial charge in [-0.2, -0.15) is 0 Å². The number of hydrogen-bond donors (Lipinski definition) is 0. The average Bonchev–Trinajstić information content (AvgIpc) is 2.75. The van der Waals surface area contributed by atoms with Crippen LogP contribution in [0.5, 0.6) is 0 Å². The normalized spacial score (nSPS) is 11.0. The van der Waals surface area contributed by atoms with E-state index in [1.54, 1.807) is 0 Å². The summed E-state index contributed by atoms with van der Waals surface area (Å²) in [6.07, 6.45) is 13.9. The molecule has 0 amide bonds. The summed E-state index contributed by atoms with van der Waals surface area (Å²) in [5, 5.41) is 0. The van der Waals surface area contributed by atoms with Crippen molar-refractivity contribution in [1.29, 1.82) is 0 Å². The first-order chi connectivity index (χ1) is 8.33. The first-order valence-electron chi connectivity index (χ1n) is 7.40. The van der Waals surface area contributed by atoms with Crippen LogP contribution in [0.15, 0.2) is 12.4 Å². The van der Waals surface area contributed by atoms with Crippen LogP contribution in [-0.4, -0.2) is 4.57 Å². The molecule has 2 heteroatoms. The topological polar surface area (TPSA) is 8.81 Å². The number of rotatable bonds is 9. The first kappa shape index (κ1) is 14.3. The standard InChI is InChI=1S/C15H29N2/c1-4-7-8-9-10-11-12-17-14-13-16(6-3)15(17)5-2/h13-14H,4-12H2,1-3H3/q+1. The molecule has 0 aliphatic rings. The molecule has 1 aromatic rings. The monoisotopic (exact) mass is 237 g/mol. The van der Waals surface area contributed by atoms with Crippen molar-refractivity contribution in [1.82, 2.24) is 4.57 Å². The SMILES string of the molecule is CCCCCCCC[n+]1ccn(CC)c1CC. The minimum Gasteiger partial charge on any atom is -0.235 e. The van der Waals surface area contributed by atoms with E-state index in [4.69, 9.17) is 0 Å². The molecule has 1 rings (SSSR count). The minimum atomic E-state index is 1.09. The maximum Gasteiger partial charge on any atom is 0.256 e. The smallest absolute Gasteiger partial charge is 0.235 e. The molecule has 0 bridgehead atoms. The molecular formula is C15H29N2+. The van der Waals surface area contributed by atoms with E-state index < -0.39 is 0 Å². The van der Waals surface area contributed by atoms with Gasteiger partial charge in [0, 0.05) is 6.42 Å². The van der Waals surface area contributed by atoms with Crippen molar-refractivity contribution >= 4 is 0 Å².